The van der Waals surface area contributed by atoms with Gasteiger partial charge < -0.3 is 15.2 Å². The fourth-order valence-corrected chi connectivity index (χ4v) is 1.61. The van der Waals surface area contributed by atoms with Crippen LogP contribution < -0.4 is 10.6 Å². The van der Waals surface area contributed by atoms with Crippen LogP contribution in [0.2, 0.25) is 5.02 Å². The van der Waals surface area contributed by atoms with Crippen LogP contribution in [-0.2, 0) is 0 Å². The molecule has 0 aromatic carbocycles. The predicted molar refractivity (Wildman–Crippen MR) is 72.5 cm³/mol. The number of rotatable bonds is 5. The van der Waals surface area contributed by atoms with Crippen molar-refractivity contribution in [3.63, 3.8) is 0 Å². The van der Waals surface area contributed by atoms with E-state index in [0.29, 0.717) is 17.2 Å². The molecule has 2 aromatic rings. The highest BCUT2D eigenvalue weighted by atomic mass is 35.5. The molecule has 6 nitrogen and oxygen atoms in total. The standard InChI is InChI=1S/C12H13ClN4O2/c1-2-4-14-11-6-8(9(13)7-15-11)12(18)16-10-3-5-19-17-10/h3,5-7H,2,4H2,1H3,(H,14,15)(H,16,17,18). The van der Waals surface area contributed by atoms with Gasteiger partial charge in [0.25, 0.3) is 5.91 Å². The number of aromatic nitrogens is 2. The zero-order chi connectivity index (χ0) is 13.7. The number of carbonyl (C=O) groups is 1. The van der Waals surface area contributed by atoms with Crippen LogP contribution >= 0.6 is 11.6 Å². The summed E-state index contributed by atoms with van der Waals surface area (Å²) in [4.78, 5) is 16.1. The Balaban J connectivity index is 2.15. The van der Waals surface area contributed by atoms with Crippen LogP contribution in [0.1, 0.15) is 23.7 Å². The van der Waals surface area contributed by atoms with E-state index in [4.69, 9.17) is 11.6 Å². The molecule has 0 aliphatic heterocycles. The van der Waals surface area contributed by atoms with Crippen molar-refractivity contribution in [2.24, 2.45) is 0 Å². The first kappa shape index (κ1) is 13.4. The number of carbonyl (C=O) groups excluding carboxylic acids is 1. The van der Waals surface area contributed by atoms with Crippen LogP contribution in [0, 0.1) is 0 Å². The van der Waals surface area contributed by atoms with E-state index >= 15 is 0 Å². The number of hydrogen-bond acceptors (Lipinski definition) is 5. The smallest absolute Gasteiger partial charge is 0.258 e. The second-order valence-electron chi connectivity index (χ2n) is 3.81. The van der Waals surface area contributed by atoms with Gasteiger partial charge in [-0.3, -0.25) is 4.79 Å². The lowest BCUT2D eigenvalue weighted by Crippen LogP contribution is -2.14. The molecule has 2 aromatic heterocycles. The summed E-state index contributed by atoms with van der Waals surface area (Å²) in [5.74, 6) is 0.582. The van der Waals surface area contributed by atoms with Gasteiger partial charge in [0.2, 0.25) is 0 Å². The zero-order valence-corrected chi connectivity index (χ0v) is 11.1. The maximum atomic E-state index is 12.0. The van der Waals surface area contributed by atoms with Crippen LogP contribution in [0.3, 0.4) is 0 Å². The van der Waals surface area contributed by atoms with Gasteiger partial charge in [0.05, 0.1) is 10.6 Å². The molecule has 0 aliphatic rings. The van der Waals surface area contributed by atoms with Crippen molar-refractivity contribution in [3.05, 3.63) is 35.2 Å². The summed E-state index contributed by atoms with van der Waals surface area (Å²) >= 11 is 5.97. The van der Waals surface area contributed by atoms with Gasteiger partial charge in [-0.05, 0) is 12.5 Å². The number of hydrogen-bond donors (Lipinski definition) is 2. The lowest BCUT2D eigenvalue weighted by Gasteiger charge is -2.07. The Labute approximate surface area is 115 Å². The Kier molecular flexibility index (Phi) is 4.35. The van der Waals surface area contributed by atoms with Gasteiger partial charge in [0, 0.05) is 18.8 Å². The van der Waals surface area contributed by atoms with E-state index < -0.39 is 0 Å². The lowest BCUT2D eigenvalue weighted by molar-refractivity contribution is 0.102. The van der Waals surface area contributed by atoms with Crippen LogP contribution in [0.25, 0.3) is 0 Å². The van der Waals surface area contributed by atoms with Crippen molar-refractivity contribution in [3.8, 4) is 0 Å². The Morgan fingerprint density at radius 1 is 1.47 bits per heavy atom. The first-order valence-electron chi connectivity index (χ1n) is 5.82. The first-order chi connectivity index (χ1) is 9.20. The molecule has 0 saturated carbocycles. The fraction of sp³-hybridized carbons (Fsp3) is 0.250. The molecule has 7 heteroatoms. The molecule has 0 fully saturated rings. The normalized spacial score (nSPS) is 10.2. The molecule has 1 amide bonds. The monoisotopic (exact) mass is 280 g/mol. The van der Waals surface area contributed by atoms with Gasteiger partial charge in [-0.25, -0.2) is 4.98 Å². The van der Waals surface area contributed by atoms with Crippen molar-refractivity contribution >= 4 is 29.1 Å². The summed E-state index contributed by atoms with van der Waals surface area (Å²) in [6, 6.07) is 3.15. The van der Waals surface area contributed by atoms with Crippen molar-refractivity contribution in [1.29, 1.82) is 0 Å². The Hall–Kier alpha value is -2.08. The van der Waals surface area contributed by atoms with Crippen LogP contribution in [0.15, 0.2) is 29.1 Å². The third-order valence-electron chi connectivity index (χ3n) is 2.34. The largest absolute Gasteiger partial charge is 0.370 e. The maximum absolute atomic E-state index is 12.0. The summed E-state index contributed by atoms with van der Waals surface area (Å²) in [6.07, 6.45) is 3.78. The first-order valence-corrected chi connectivity index (χ1v) is 6.19. The van der Waals surface area contributed by atoms with E-state index in [1.807, 2.05) is 6.92 Å². The highest BCUT2D eigenvalue weighted by Gasteiger charge is 2.13. The highest BCUT2D eigenvalue weighted by Crippen LogP contribution is 2.19. The van der Waals surface area contributed by atoms with Crippen molar-refractivity contribution in [1.82, 2.24) is 10.1 Å². The second kappa shape index (κ2) is 6.19. The molecular weight excluding hydrogens is 268 g/mol. The third-order valence-corrected chi connectivity index (χ3v) is 2.64. The van der Waals surface area contributed by atoms with E-state index in [0.717, 1.165) is 13.0 Å². The average molecular weight is 281 g/mol. The van der Waals surface area contributed by atoms with Crippen molar-refractivity contribution in [2.75, 3.05) is 17.2 Å². The quantitative estimate of drug-likeness (QED) is 0.880. The topological polar surface area (TPSA) is 80.0 Å². The second-order valence-corrected chi connectivity index (χ2v) is 4.22. The number of halogens is 1. The van der Waals surface area contributed by atoms with Crippen LogP contribution in [-0.4, -0.2) is 22.6 Å². The molecule has 2 heterocycles. The van der Waals surface area contributed by atoms with Crippen molar-refractivity contribution < 1.29 is 9.32 Å². The molecular formula is C12H13ClN4O2. The SMILES string of the molecule is CCCNc1cc(C(=O)Nc2ccon2)c(Cl)cn1. The van der Waals surface area contributed by atoms with Gasteiger partial charge in [0.1, 0.15) is 12.1 Å². The molecule has 0 saturated heterocycles. The maximum Gasteiger partial charge on any atom is 0.258 e. The zero-order valence-electron chi connectivity index (χ0n) is 10.3. The summed E-state index contributed by atoms with van der Waals surface area (Å²) in [5.41, 5.74) is 0.332. The molecule has 100 valence electrons. The minimum Gasteiger partial charge on any atom is -0.370 e. The van der Waals surface area contributed by atoms with Gasteiger partial charge in [0.15, 0.2) is 5.82 Å². The van der Waals surface area contributed by atoms with Crippen LogP contribution in [0.5, 0.6) is 0 Å². The highest BCUT2D eigenvalue weighted by molar-refractivity contribution is 6.34. The van der Waals surface area contributed by atoms with E-state index in [-0.39, 0.29) is 10.9 Å². The fourth-order valence-electron chi connectivity index (χ4n) is 1.42. The van der Waals surface area contributed by atoms with Crippen molar-refractivity contribution in [2.45, 2.75) is 13.3 Å². The van der Waals surface area contributed by atoms with E-state index in [1.165, 1.54) is 12.5 Å². The molecule has 0 radical (unpaired) electrons. The van der Waals surface area contributed by atoms with Gasteiger partial charge in [-0.2, -0.15) is 0 Å². The van der Waals surface area contributed by atoms with E-state index in [9.17, 15) is 4.79 Å². The molecule has 2 N–H and O–H groups in total. The Morgan fingerprint density at radius 2 is 2.32 bits per heavy atom. The third kappa shape index (κ3) is 3.45. The number of nitrogens with one attached hydrogen (secondary N) is 2. The number of amides is 1. The summed E-state index contributed by atoms with van der Waals surface area (Å²) in [6.45, 7) is 2.82. The van der Waals surface area contributed by atoms with E-state index in [2.05, 4.69) is 25.3 Å². The molecule has 19 heavy (non-hydrogen) atoms. The lowest BCUT2D eigenvalue weighted by atomic mass is 10.2. The summed E-state index contributed by atoms with van der Waals surface area (Å²) in [5, 5.41) is 9.55. The predicted octanol–water partition coefficient (Wildman–Crippen LogP) is 2.80. The summed E-state index contributed by atoms with van der Waals surface area (Å²) < 4.78 is 4.64. The minimum absolute atomic E-state index is 0.281. The van der Waals surface area contributed by atoms with Gasteiger partial charge >= 0.3 is 0 Å². The Bertz CT molecular complexity index is 557. The molecule has 0 spiro atoms. The molecule has 0 bridgehead atoms. The number of anilines is 2. The minimum atomic E-state index is -0.360. The average Bonchev–Trinajstić information content (AvgIpc) is 2.90. The molecule has 0 unspecified atom stereocenters. The number of nitrogens with zero attached hydrogens (tertiary/aromatic N) is 2. The van der Waals surface area contributed by atoms with Gasteiger partial charge in [-0.15, -0.1) is 0 Å². The van der Waals surface area contributed by atoms with Gasteiger partial charge in [-0.1, -0.05) is 23.7 Å². The molecule has 0 aliphatic carbocycles. The van der Waals surface area contributed by atoms with Crippen LogP contribution in [0.4, 0.5) is 11.6 Å². The number of pyridine rings is 1. The molecule has 2 rings (SSSR count). The molecule has 0 atom stereocenters. The Morgan fingerprint density at radius 3 is 3.00 bits per heavy atom. The summed E-state index contributed by atoms with van der Waals surface area (Å²) in [7, 11) is 0. The van der Waals surface area contributed by atoms with E-state index in [1.54, 1.807) is 12.1 Å².